The predicted molar refractivity (Wildman–Crippen MR) is 257 cm³/mol. The van der Waals surface area contributed by atoms with Crippen LogP contribution in [0.25, 0.3) is 0 Å². The number of benzene rings is 1. The fraction of sp³-hybridized carbons (Fsp3) is 0.769. The summed E-state index contributed by atoms with van der Waals surface area (Å²) in [6.45, 7) is 16.2. The van der Waals surface area contributed by atoms with Crippen LogP contribution >= 0.6 is 0 Å². The van der Waals surface area contributed by atoms with E-state index in [1.54, 1.807) is 60.5 Å². The van der Waals surface area contributed by atoms with Crippen LogP contribution in [0.5, 0.6) is 0 Å². The lowest BCUT2D eigenvalue weighted by Gasteiger charge is -2.50. The van der Waals surface area contributed by atoms with Gasteiger partial charge in [-0.15, -0.1) is 0 Å². The lowest BCUT2D eigenvalue weighted by Crippen LogP contribution is -2.66. The highest BCUT2D eigenvalue weighted by Crippen LogP contribution is 2.39. The summed E-state index contributed by atoms with van der Waals surface area (Å²) in [5.41, 5.74) is -0.145. The first-order valence-corrected chi connectivity index (χ1v) is 25.3. The molecule has 16 atom stereocenters. The number of esters is 5. The monoisotopic (exact) mass is 1010 g/mol. The Hall–Kier alpha value is -4.08. The summed E-state index contributed by atoms with van der Waals surface area (Å²) in [4.78, 5) is 81.3. The normalized spacial score (nSPS) is 34.7. The summed E-state index contributed by atoms with van der Waals surface area (Å²) in [6.07, 6.45) is -9.60. The summed E-state index contributed by atoms with van der Waals surface area (Å²) >= 11 is 0. The van der Waals surface area contributed by atoms with Gasteiger partial charge in [0.1, 0.15) is 42.9 Å². The largest absolute Gasteiger partial charge is 0.463 e. The van der Waals surface area contributed by atoms with Crippen molar-refractivity contribution in [2.45, 2.75) is 205 Å². The number of carbonyl (C=O) groups is 6. The molecule has 71 heavy (non-hydrogen) atoms. The Kier molecular flexibility index (Phi) is 23.8. The van der Waals surface area contributed by atoms with Gasteiger partial charge in [-0.3, -0.25) is 28.9 Å². The first-order chi connectivity index (χ1) is 33.6. The maximum absolute atomic E-state index is 13.8. The number of likely N-dealkylation sites (N-methyl/N-ethyl adjacent to an activating group) is 1. The molecule has 0 amide bonds. The topological polar surface area (TPSA) is 221 Å². The smallest absolute Gasteiger partial charge is 0.309 e. The number of ether oxygens (including phenoxy) is 10. The number of aliphatic hydroxyl groups excluding tert-OH is 1. The molecular weight excluding hydrogens is 925 g/mol. The molecule has 3 aliphatic heterocycles. The molecule has 1 aromatic carbocycles. The van der Waals surface area contributed by atoms with E-state index in [9.17, 15) is 33.9 Å². The van der Waals surface area contributed by atoms with Crippen LogP contribution in [0.3, 0.4) is 0 Å². The number of rotatable bonds is 18. The van der Waals surface area contributed by atoms with E-state index in [1.165, 1.54) is 26.5 Å². The number of nitrogens with zero attached hydrogens (tertiary/aromatic N) is 2. The first kappa shape index (κ1) is 59.5. The van der Waals surface area contributed by atoms with Crippen molar-refractivity contribution >= 4 is 36.1 Å². The Labute approximate surface area is 420 Å². The highest BCUT2D eigenvalue weighted by atomic mass is 16.7. The lowest BCUT2D eigenvalue weighted by atomic mass is 9.82. The van der Waals surface area contributed by atoms with E-state index in [1.807, 2.05) is 25.1 Å². The van der Waals surface area contributed by atoms with E-state index in [2.05, 4.69) is 17.0 Å². The number of carbonyl (C=O) groups excluding carboxylic acids is 6. The molecule has 1 aromatic rings. The summed E-state index contributed by atoms with van der Waals surface area (Å²) in [7, 11) is 4.87. The molecule has 402 valence electrons. The molecule has 0 bridgehead atoms. The van der Waals surface area contributed by atoms with E-state index in [-0.39, 0.29) is 38.0 Å². The van der Waals surface area contributed by atoms with Crippen molar-refractivity contribution in [2.24, 2.45) is 11.8 Å². The summed E-state index contributed by atoms with van der Waals surface area (Å²) in [5.74, 6) is -3.96. The second kappa shape index (κ2) is 28.4. The Morgan fingerprint density at radius 1 is 0.887 bits per heavy atom. The van der Waals surface area contributed by atoms with Crippen LogP contribution in [0, 0.1) is 11.8 Å². The van der Waals surface area contributed by atoms with Crippen LogP contribution < -0.4 is 0 Å². The van der Waals surface area contributed by atoms with E-state index < -0.39 is 127 Å². The summed E-state index contributed by atoms with van der Waals surface area (Å²) < 4.78 is 61.9. The van der Waals surface area contributed by atoms with Gasteiger partial charge in [0, 0.05) is 59.7 Å². The second-order valence-electron chi connectivity index (χ2n) is 19.8. The minimum absolute atomic E-state index is 0.0230. The number of methoxy groups -OCH3 is 1. The molecule has 19 heteroatoms. The Balaban J connectivity index is 1.73. The van der Waals surface area contributed by atoms with Gasteiger partial charge in [0.25, 0.3) is 0 Å². The van der Waals surface area contributed by atoms with Crippen molar-refractivity contribution < 1.29 is 81.2 Å². The zero-order valence-electron chi connectivity index (χ0n) is 44.0. The van der Waals surface area contributed by atoms with Crippen LogP contribution in [-0.4, -0.2) is 177 Å². The van der Waals surface area contributed by atoms with Gasteiger partial charge in [0.2, 0.25) is 0 Å². The highest BCUT2D eigenvalue weighted by Gasteiger charge is 2.54. The Morgan fingerprint density at radius 2 is 1.56 bits per heavy atom. The lowest BCUT2D eigenvalue weighted by molar-refractivity contribution is -0.344. The molecule has 0 radical (unpaired) electrons. The minimum atomic E-state index is -1.45. The van der Waals surface area contributed by atoms with Gasteiger partial charge in [-0.05, 0) is 91.4 Å². The zero-order valence-corrected chi connectivity index (χ0v) is 44.0. The third-order valence-electron chi connectivity index (χ3n) is 13.7. The third-order valence-corrected chi connectivity index (χ3v) is 13.7. The van der Waals surface area contributed by atoms with Crippen molar-refractivity contribution in [2.75, 3.05) is 40.8 Å². The van der Waals surface area contributed by atoms with Crippen molar-refractivity contribution in [1.82, 2.24) is 9.80 Å². The number of aryl methyl sites for hydroxylation is 1. The molecule has 10 unspecified atom stereocenters. The zero-order chi connectivity index (χ0) is 52.6. The third kappa shape index (κ3) is 17.5. The second-order valence-corrected chi connectivity index (χ2v) is 19.8. The molecule has 0 aliphatic carbocycles. The number of aldehydes is 1. The van der Waals surface area contributed by atoms with Gasteiger partial charge < -0.3 is 62.2 Å². The minimum Gasteiger partial charge on any atom is -0.463 e. The Morgan fingerprint density at radius 3 is 2.17 bits per heavy atom. The molecule has 3 aliphatic rings. The van der Waals surface area contributed by atoms with Crippen molar-refractivity contribution in [1.29, 1.82) is 0 Å². The number of cyclic esters (lactones) is 1. The van der Waals surface area contributed by atoms with Gasteiger partial charge in [-0.25, -0.2) is 0 Å². The van der Waals surface area contributed by atoms with Crippen molar-refractivity contribution in [3.63, 3.8) is 0 Å². The molecule has 3 heterocycles. The van der Waals surface area contributed by atoms with Crippen molar-refractivity contribution in [3.8, 4) is 0 Å². The number of hydrogen-bond donors (Lipinski definition) is 1. The molecule has 0 spiro atoms. The maximum atomic E-state index is 13.8. The van der Waals surface area contributed by atoms with E-state index in [4.69, 9.17) is 47.4 Å². The molecule has 3 saturated heterocycles. The average molecular weight is 1010 g/mol. The van der Waals surface area contributed by atoms with Crippen molar-refractivity contribution in [3.05, 3.63) is 35.9 Å². The molecule has 3 fully saturated rings. The fourth-order valence-electron chi connectivity index (χ4n) is 10.1. The molecular formula is C52H82N2O17. The summed E-state index contributed by atoms with van der Waals surface area (Å²) in [6, 6.07) is 9.29. The van der Waals surface area contributed by atoms with Crippen LogP contribution in [0.4, 0.5) is 0 Å². The average Bonchev–Trinajstić information content (AvgIpc) is 3.29. The molecule has 19 nitrogen and oxygen atoms in total. The Bertz CT molecular complexity index is 1850. The van der Waals surface area contributed by atoms with Crippen LogP contribution in [0.1, 0.15) is 119 Å². The van der Waals surface area contributed by atoms with Gasteiger partial charge in [0.15, 0.2) is 24.3 Å². The van der Waals surface area contributed by atoms with E-state index in [0.29, 0.717) is 26.1 Å². The quantitative estimate of drug-likeness (QED) is 0.119. The molecule has 1 N–H and O–H groups in total. The fourth-order valence-corrected chi connectivity index (χ4v) is 10.1. The van der Waals surface area contributed by atoms with E-state index >= 15 is 0 Å². The highest BCUT2D eigenvalue weighted by molar-refractivity contribution is 5.73. The van der Waals surface area contributed by atoms with Crippen LogP contribution in [-0.2, 0) is 82.6 Å². The van der Waals surface area contributed by atoms with Gasteiger partial charge >= 0.3 is 29.8 Å². The van der Waals surface area contributed by atoms with Crippen LogP contribution in [0.15, 0.2) is 30.3 Å². The van der Waals surface area contributed by atoms with Gasteiger partial charge in [-0.2, -0.15) is 0 Å². The number of aliphatic hydroxyl groups is 1. The van der Waals surface area contributed by atoms with Gasteiger partial charge in [-0.1, -0.05) is 51.1 Å². The van der Waals surface area contributed by atoms with Gasteiger partial charge in [0.05, 0.1) is 30.8 Å². The SMILES string of the molecule is CCC(=O)OC1C(C)OC(OC2C(C)OC(O[C@@H]3C(OC)[C@H](OC(=O)CC)CC(=O)O[C@H](C)CCN(CCCc4ccccc4)C[C@H](OC(C)=O)[C@H](C)C[C@@H]3CC=O)C(O)C2N(C)C)CC1(C)OC(C)=O. The molecule has 4 rings (SSSR count). The van der Waals surface area contributed by atoms with E-state index in [0.717, 1.165) is 19.1 Å². The molecule has 0 saturated carbocycles. The number of hydrogen-bond acceptors (Lipinski definition) is 19. The van der Waals surface area contributed by atoms with Crippen LogP contribution in [0.2, 0.25) is 0 Å². The summed E-state index contributed by atoms with van der Waals surface area (Å²) in [5, 5.41) is 12.4. The maximum Gasteiger partial charge on any atom is 0.309 e. The predicted octanol–water partition coefficient (Wildman–Crippen LogP) is 4.73. The standard InChI is InChI=1S/C52H82N2O17/c1-13-41(58)67-39-28-43(60)63-32(4)22-25-54(24-18-21-37-19-16-15-17-20-37)30-40(66-35(7)56)31(3)27-38(23-26-55)48(49(39)62-12)70-51-46(61)45(53(10)11)47(33(5)65-51)69-44-29-52(9,71-36(8)57)50(34(6)64-44)68-42(59)14-2/h15-17,19-20,26,31-34,38-40,44-51,61H,13-14,18,21-25,27-30H2,1-12H3/t31-,32-,33?,34?,38+,39-,40+,44?,45?,46?,47?,48+,49?,50?,51?,52?/m1/s1. The molecule has 0 aromatic heterocycles. The first-order valence-electron chi connectivity index (χ1n) is 25.3.